The van der Waals surface area contributed by atoms with E-state index in [4.69, 9.17) is 11.6 Å². The Labute approximate surface area is 105 Å². The van der Waals surface area contributed by atoms with Crippen LogP contribution in [0.5, 0.6) is 0 Å². The Balaban J connectivity index is 2.23. The molecule has 0 aliphatic rings. The fourth-order valence-electron chi connectivity index (χ4n) is 1.09. The molecule has 2 rings (SSSR count). The normalized spacial score (nSPS) is 10.2. The lowest BCUT2D eigenvalue weighted by molar-refractivity contribution is 0.628. The number of nitrogens with zero attached hydrogens (tertiary/aromatic N) is 2. The molecular formula is C10H6BrClFN3. The van der Waals surface area contributed by atoms with E-state index in [1.54, 1.807) is 12.4 Å². The Morgan fingerprint density at radius 1 is 1.25 bits per heavy atom. The molecule has 2 aromatic rings. The number of hydrogen-bond donors (Lipinski definition) is 1. The Bertz CT molecular complexity index is 504. The molecule has 0 saturated heterocycles. The van der Waals surface area contributed by atoms with E-state index in [0.29, 0.717) is 11.6 Å². The van der Waals surface area contributed by atoms with Gasteiger partial charge in [0.2, 0.25) is 5.95 Å². The molecule has 1 heterocycles. The van der Waals surface area contributed by atoms with Crippen LogP contribution < -0.4 is 5.32 Å². The van der Waals surface area contributed by atoms with Crippen molar-refractivity contribution in [3.63, 3.8) is 0 Å². The molecule has 0 bridgehead atoms. The van der Waals surface area contributed by atoms with Gasteiger partial charge in [0.05, 0.1) is 15.2 Å². The molecule has 0 radical (unpaired) electrons. The van der Waals surface area contributed by atoms with Crippen molar-refractivity contribution in [1.82, 2.24) is 9.97 Å². The summed E-state index contributed by atoms with van der Waals surface area (Å²) < 4.78 is 13.6. The lowest BCUT2D eigenvalue weighted by atomic mass is 10.3. The van der Waals surface area contributed by atoms with E-state index >= 15 is 0 Å². The van der Waals surface area contributed by atoms with Crippen molar-refractivity contribution in [1.29, 1.82) is 0 Å². The van der Waals surface area contributed by atoms with Gasteiger partial charge in [-0.05, 0) is 34.1 Å². The molecule has 1 N–H and O–H groups in total. The van der Waals surface area contributed by atoms with Crippen molar-refractivity contribution < 1.29 is 4.39 Å². The minimum atomic E-state index is -0.382. The quantitative estimate of drug-likeness (QED) is 0.917. The Morgan fingerprint density at radius 2 is 1.94 bits per heavy atom. The largest absolute Gasteiger partial charge is 0.323 e. The highest BCUT2D eigenvalue weighted by Gasteiger charge is 2.03. The summed E-state index contributed by atoms with van der Waals surface area (Å²) in [6.07, 6.45) is 3.21. The molecule has 0 atom stereocenters. The summed E-state index contributed by atoms with van der Waals surface area (Å²) in [6, 6.07) is 4.07. The van der Waals surface area contributed by atoms with Crippen LogP contribution in [0.1, 0.15) is 0 Å². The van der Waals surface area contributed by atoms with Gasteiger partial charge in [0.1, 0.15) is 5.82 Å². The van der Waals surface area contributed by atoms with Gasteiger partial charge in [-0.1, -0.05) is 11.6 Å². The summed E-state index contributed by atoms with van der Waals surface area (Å²) in [7, 11) is 0. The SMILES string of the molecule is Fc1ccc(Nc2ncc(Br)cn2)c(Cl)c1. The highest BCUT2D eigenvalue weighted by Crippen LogP contribution is 2.24. The van der Waals surface area contributed by atoms with Crippen LogP contribution in [0.15, 0.2) is 35.1 Å². The summed E-state index contributed by atoms with van der Waals surface area (Å²) in [6.45, 7) is 0. The molecule has 0 aliphatic carbocycles. The first kappa shape index (κ1) is 11.3. The first-order chi connectivity index (χ1) is 7.65. The lowest BCUT2D eigenvalue weighted by Gasteiger charge is -2.06. The lowest BCUT2D eigenvalue weighted by Crippen LogP contribution is -1.96. The van der Waals surface area contributed by atoms with E-state index in [0.717, 1.165) is 4.47 Å². The third kappa shape index (κ3) is 2.68. The van der Waals surface area contributed by atoms with E-state index < -0.39 is 0 Å². The van der Waals surface area contributed by atoms with Crippen molar-refractivity contribution in [3.05, 3.63) is 45.9 Å². The van der Waals surface area contributed by atoms with Crippen LogP contribution in [0.25, 0.3) is 0 Å². The topological polar surface area (TPSA) is 37.8 Å². The number of rotatable bonds is 2. The summed E-state index contributed by atoms with van der Waals surface area (Å²) in [5, 5.41) is 3.17. The van der Waals surface area contributed by atoms with Crippen LogP contribution in [0.2, 0.25) is 5.02 Å². The number of anilines is 2. The first-order valence-electron chi connectivity index (χ1n) is 4.35. The zero-order valence-electron chi connectivity index (χ0n) is 7.92. The van der Waals surface area contributed by atoms with Gasteiger partial charge in [-0.25, -0.2) is 14.4 Å². The van der Waals surface area contributed by atoms with Crippen LogP contribution in [0.4, 0.5) is 16.0 Å². The van der Waals surface area contributed by atoms with Crippen molar-refractivity contribution in [2.24, 2.45) is 0 Å². The van der Waals surface area contributed by atoms with Gasteiger partial charge in [-0.15, -0.1) is 0 Å². The fraction of sp³-hybridized carbons (Fsp3) is 0. The smallest absolute Gasteiger partial charge is 0.227 e. The van der Waals surface area contributed by atoms with Crippen LogP contribution in [-0.2, 0) is 0 Å². The van der Waals surface area contributed by atoms with E-state index in [1.165, 1.54) is 18.2 Å². The average molecular weight is 303 g/mol. The maximum Gasteiger partial charge on any atom is 0.227 e. The molecule has 3 nitrogen and oxygen atoms in total. The Kier molecular flexibility index (Phi) is 3.36. The molecule has 6 heteroatoms. The van der Waals surface area contributed by atoms with E-state index in [9.17, 15) is 4.39 Å². The number of aromatic nitrogens is 2. The van der Waals surface area contributed by atoms with Crippen molar-refractivity contribution in [2.45, 2.75) is 0 Å². The Hall–Kier alpha value is -1.20. The highest BCUT2D eigenvalue weighted by molar-refractivity contribution is 9.10. The molecule has 82 valence electrons. The zero-order valence-corrected chi connectivity index (χ0v) is 10.3. The van der Waals surface area contributed by atoms with Gasteiger partial charge < -0.3 is 5.32 Å². The van der Waals surface area contributed by atoms with Crippen LogP contribution in [-0.4, -0.2) is 9.97 Å². The van der Waals surface area contributed by atoms with Gasteiger partial charge in [0.15, 0.2) is 0 Å². The summed E-state index contributed by atoms with van der Waals surface area (Å²) in [5.41, 5.74) is 0.561. The predicted molar refractivity (Wildman–Crippen MR) is 64.4 cm³/mol. The number of benzene rings is 1. The third-order valence-corrected chi connectivity index (χ3v) is 2.52. The third-order valence-electron chi connectivity index (χ3n) is 1.80. The molecule has 0 unspecified atom stereocenters. The van der Waals surface area contributed by atoms with E-state index in [2.05, 4.69) is 31.2 Å². The molecule has 16 heavy (non-hydrogen) atoms. The summed E-state index contributed by atoms with van der Waals surface area (Å²) in [5.74, 6) is 0.0176. The van der Waals surface area contributed by atoms with Gasteiger partial charge in [-0.2, -0.15) is 0 Å². The maximum atomic E-state index is 12.8. The molecule has 0 saturated carbocycles. The molecule has 0 spiro atoms. The predicted octanol–water partition coefficient (Wildman–Crippen LogP) is 3.78. The monoisotopic (exact) mass is 301 g/mol. The molecule has 0 aliphatic heterocycles. The second kappa shape index (κ2) is 4.76. The molecule has 1 aromatic carbocycles. The van der Waals surface area contributed by atoms with Crippen molar-refractivity contribution in [3.8, 4) is 0 Å². The van der Waals surface area contributed by atoms with Gasteiger partial charge >= 0.3 is 0 Å². The second-order valence-corrected chi connectivity index (χ2v) is 4.30. The Morgan fingerprint density at radius 3 is 2.56 bits per heavy atom. The van der Waals surface area contributed by atoms with Crippen molar-refractivity contribution >= 4 is 39.2 Å². The van der Waals surface area contributed by atoms with Gasteiger partial charge in [0.25, 0.3) is 0 Å². The van der Waals surface area contributed by atoms with Gasteiger partial charge in [0, 0.05) is 12.4 Å². The van der Waals surface area contributed by atoms with E-state index in [1.807, 2.05) is 0 Å². The van der Waals surface area contributed by atoms with Crippen LogP contribution in [0, 0.1) is 5.82 Å². The van der Waals surface area contributed by atoms with E-state index in [-0.39, 0.29) is 10.8 Å². The first-order valence-corrected chi connectivity index (χ1v) is 5.52. The van der Waals surface area contributed by atoms with Crippen LogP contribution >= 0.6 is 27.5 Å². The summed E-state index contributed by atoms with van der Waals surface area (Å²) >= 11 is 9.07. The highest BCUT2D eigenvalue weighted by atomic mass is 79.9. The number of nitrogens with one attached hydrogen (secondary N) is 1. The minimum absolute atomic E-state index is 0.284. The zero-order chi connectivity index (χ0) is 11.5. The number of halogens is 3. The number of hydrogen-bond acceptors (Lipinski definition) is 3. The average Bonchev–Trinajstić information content (AvgIpc) is 2.25. The molecule has 0 amide bonds. The van der Waals surface area contributed by atoms with Crippen molar-refractivity contribution in [2.75, 3.05) is 5.32 Å². The second-order valence-electron chi connectivity index (χ2n) is 2.97. The molecule has 0 fully saturated rings. The van der Waals surface area contributed by atoms with Gasteiger partial charge in [-0.3, -0.25) is 0 Å². The molecular weight excluding hydrogens is 296 g/mol. The maximum absolute atomic E-state index is 12.8. The summed E-state index contributed by atoms with van der Waals surface area (Å²) in [4.78, 5) is 8.03. The molecule has 1 aromatic heterocycles. The van der Waals surface area contributed by atoms with Crippen LogP contribution in [0.3, 0.4) is 0 Å². The standard InChI is InChI=1S/C10H6BrClFN3/c11-6-4-14-10(15-5-6)16-9-2-1-7(13)3-8(9)12/h1-5H,(H,14,15,16). The fourth-order valence-corrected chi connectivity index (χ4v) is 1.51. The minimum Gasteiger partial charge on any atom is -0.323 e.